The molecule has 3 N–H and O–H groups in total. The molecule has 0 radical (unpaired) electrons. The summed E-state index contributed by atoms with van der Waals surface area (Å²) < 4.78 is 10.5. The lowest BCUT2D eigenvalue weighted by molar-refractivity contribution is 0.0208. The van der Waals surface area contributed by atoms with Crippen molar-refractivity contribution >= 4 is 36.0 Å². The molecule has 0 saturated heterocycles. The first kappa shape index (κ1) is 25.2. The molecule has 1 fully saturated rings. The summed E-state index contributed by atoms with van der Waals surface area (Å²) in [7, 11) is 1.61. The van der Waals surface area contributed by atoms with Crippen LogP contribution in [0, 0.1) is 0 Å². The van der Waals surface area contributed by atoms with Crippen LogP contribution in [0.1, 0.15) is 59.3 Å². The number of hydrogen-bond donors (Lipinski definition) is 2. The highest BCUT2D eigenvalue weighted by atomic mass is 127. The molecule has 0 aliphatic heterocycles. The summed E-state index contributed by atoms with van der Waals surface area (Å²) in [6, 6.07) is 0.418. The Morgan fingerprint density at radius 3 is 2.35 bits per heavy atom. The Labute approximate surface area is 175 Å². The van der Waals surface area contributed by atoms with Crippen LogP contribution in [0.4, 0.5) is 4.79 Å². The molecule has 1 aliphatic rings. The minimum Gasteiger partial charge on any atom is -0.444 e. The number of rotatable bonds is 7. The molecular formula is C18H37IN4O3. The van der Waals surface area contributed by atoms with Crippen molar-refractivity contribution in [1.29, 1.82) is 0 Å². The van der Waals surface area contributed by atoms with Crippen molar-refractivity contribution in [2.45, 2.75) is 70.9 Å². The number of nitrogens with zero attached hydrogens (tertiary/aromatic N) is 2. The number of carbonyl (C=O) groups is 1. The van der Waals surface area contributed by atoms with Crippen molar-refractivity contribution in [2.24, 2.45) is 10.7 Å². The monoisotopic (exact) mass is 484 g/mol. The van der Waals surface area contributed by atoms with E-state index in [4.69, 9.17) is 15.2 Å². The van der Waals surface area contributed by atoms with Crippen molar-refractivity contribution in [3.63, 3.8) is 0 Å². The van der Waals surface area contributed by atoms with Gasteiger partial charge in [0.1, 0.15) is 5.60 Å². The average molecular weight is 484 g/mol. The molecular weight excluding hydrogens is 447 g/mol. The number of nitrogens with one attached hydrogen (secondary N) is 1. The Balaban J connectivity index is 0.00000625. The Morgan fingerprint density at radius 1 is 1.19 bits per heavy atom. The summed E-state index contributed by atoms with van der Waals surface area (Å²) in [6.07, 6.45) is 7.04. The van der Waals surface area contributed by atoms with Gasteiger partial charge in [-0.2, -0.15) is 0 Å². The summed E-state index contributed by atoms with van der Waals surface area (Å²) >= 11 is 0. The van der Waals surface area contributed by atoms with E-state index in [0.29, 0.717) is 38.2 Å². The van der Waals surface area contributed by atoms with Gasteiger partial charge in [0.2, 0.25) is 0 Å². The highest BCUT2D eigenvalue weighted by Gasteiger charge is 2.21. The Morgan fingerprint density at radius 2 is 1.81 bits per heavy atom. The second kappa shape index (κ2) is 13.4. The summed E-state index contributed by atoms with van der Waals surface area (Å²) in [5, 5.41) is 3.31. The first-order valence-electron chi connectivity index (χ1n) is 9.35. The van der Waals surface area contributed by atoms with Crippen LogP contribution in [0.15, 0.2) is 4.99 Å². The largest absolute Gasteiger partial charge is 0.444 e. The van der Waals surface area contributed by atoms with Crippen LogP contribution in [0.2, 0.25) is 0 Å². The van der Waals surface area contributed by atoms with Gasteiger partial charge in [-0.05, 0) is 33.6 Å². The van der Waals surface area contributed by atoms with Crippen molar-refractivity contribution in [3.05, 3.63) is 0 Å². The van der Waals surface area contributed by atoms with Gasteiger partial charge in [0.25, 0.3) is 0 Å². The standard InChI is InChI=1S/C18H36N4O3.HI/c1-18(2,3)25-17(23)22(13-14-24-4)12-11-20-16(19)21-15-9-7-5-6-8-10-15;/h15H,5-14H2,1-4H3,(H3,19,20,21);1H. The van der Waals surface area contributed by atoms with E-state index in [1.807, 2.05) is 20.8 Å². The van der Waals surface area contributed by atoms with E-state index in [1.165, 1.54) is 25.7 Å². The first-order valence-corrected chi connectivity index (χ1v) is 9.35. The molecule has 1 rings (SSSR count). The number of aliphatic imine (C=N–C) groups is 1. The number of halogens is 1. The lowest BCUT2D eigenvalue weighted by atomic mass is 10.1. The number of nitrogens with two attached hydrogens (primary N) is 1. The molecule has 0 bridgehead atoms. The highest BCUT2D eigenvalue weighted by molar-refractivity contribution is 14.0. The Hall–Kier alpha value is -0.770. The van der Waals surface area contributed by atoms with Gasteiger partial charge >= 0.3 is 6.09 Å². The summed E-state index contributed by atoms with van der Waals surface area (Å²) in [6.45, 7) is 7.38. The van der Waals surface area contributed by atoms with Crippen LogP contribution < -0.4 is 11.1 Å². The molecule has 1 amide bonds. The van der Waals surface area contributed by atoms with Crippen LogP contribution in [-0.4, -0.2) is 61.9 Å². The molecule has 1 saturated carbocycles. The maximum Gasteiger partial charge on any atom is 0.410 e. The van der Waals surface area contributed by atoms with Crippen molar-refractivity contribution < 1.29 is 14.3 Å². The fourth-order valence-electron chi connectivity index (χ4n) is 2.79. The van der Waals surface area contributed by atoms with Crippen molar-refractivity contribution in [1.82, 2.24) is 10.2 Å². The number of ether oxygens (including phenoxy) is 2. The molecule has 8 heteroatoms. The third-order valence-corrected chi connectivity index (χ3v) is 4.08. The lowest BCUT2D eigenvalue weighted by Gasteiger charge is -2.27. The number of carbonyl (C=O) groups excluding carboxylic acids is 1. The van der Waals surface area contributed by atoms with Gasteiger partial charge in [-0.15, -0.1) is 24.0 Å². The maximum absolute atomic E-state index is 12.2. The first-order chi connectivity index (χ1) is 11.8. The number of guanidine groups is 1. The third kappa shape index (κ3) is 11.8. The molecule has 0 unspecified atom stereocenters. The van der Waals surface area contributed by atoms with Crippen molar-refractivity contribution in [3.8, 4) is 0 Å². The molecule has 0 spiro atoms. The Kier molecular flexibility index (Phi) is 13.0. The van der Waals surface area contributed by atoms with E-state index < -0.39 is 5.60 Å². The van der Waals surface area contributed by atoms with Gasteiger partial charge in [-0.1, -0.05) is 25.7 Å². The molecule has 154 valence electrons. The SMILES string of the molecule is COCCN(CCN=C(N)NC1CCCCCC1)C(=O)OC(C)(C)C.I. The second-order valence-corrected chi connectivity index (χ2v) is 7.56. The van der Waals surface area contributed by atoms with E-state index in [0.717, 1.165) is 12.8 Å². The molecule has 0 aromatic carbocycles. The summed E-state index contributed by atoms with van der Waals surface area (Å²) in [4.78, 5) is 18.2. The van der Waals surface area contributed by atoms with Crippen LogP contribution in [0.5, 0.6) is 0 Å². The quantitative estimate of drug-likeness (QED) is 0.251. The van der Waals surface area contributed by atoms with E-state index in [-0.39, 0.29) is 30.1 Å². The smallest absolute Gasteiger partial charge is 0.410 e. The van der Waals surface area contributed by atoms with Gasteiger partial charge in [-0.3, -0.25) is 4.99 Å². The number of hydrogen-bond acceptors (Lipinski definition) is 4. The average Bonchev–Trinajstić information content (AvgIpc) is 2.77. The van der Waals surface area contributed by atoms with Gasteiger partial charge in [0.05, 0.1) is 13.2 Å². The van der Waals surface area contributed by atoms with E-state index in [2.05, 4.69) is 10.3 Å². The molecule has 1 aliphatic carbocycles. The lowest BCUT2D eigenvalue weighted by Crippen LogP contribution is -2.42. The molecule has 7 nitrogen and oxygen atoms in total. The zero-order chi connectivity index (χ0) is 18.7. The van der Waals surface area contributed by atoms with Crippen LogP contribution in [0.25, 0.3) is 0 Å². The van der Waals surface area contributed by atoms with Gasteiger partial charge < -0.3 is 25.4 Å². The number of amides is 1. The molecule has 0 atom stereocenters. The predicted octanol–water partition coefficient (Wildman–Crippen LogP) is 3.12. The normalized spacial score (nSPS) is 16.4. The Bertz CT molecular complexity index is 419. The van der Waals surface area contributed by atoms with Gasteiger partial charge in [0, 0.05) is 26.2 Å². The maximum atomic E-state index is 12.2. The zero-order valence-electron chi connectivity index (χ0n) is 16.8. The van der Waals surface area contributed by atoms with E-state index in [1.54, 1.807) is 12.0 Å². The van der Waals surface area contributed by atoms with Gasteiger partial charge in [-0.25, -0.2) is 4.79 Å². The minimum absolute atomic E-state index is 0. The predicted molar refractivity (Wildman–Crippen MR) is 116 cm³/mol. The molecule has 0 aromatic heterocycles. The fourth-order valence-corrected chi connectivity index (χ4v) is 2.79. The van der Waals surface area contributed by atoms with Crippen LogP contribution in [0.3, 0.4) is 0 Å². The third-order valence-electron chi connectivity index (χ3n) is 4.08. The number of methoxy groups -OCH3 is 1. The summed E-state index contributed by atoms with van der Waals surface area (Å²) in [5.41, 5.74) is 5.48. The second-order valence-electron chi connectivity index (χ2n) is 7.56. The topological polar surface area (TPSA) is 89.2 Å². The molecule has 0 heterocycles. The molecule has 0 aromatic rings. The zero-order valence-corrected chi connectivity index (χ0v) is 19.1. The summed E-state index contributed by atoms with van der Waals surface area (Å²) in [5.74, 6) is 0.461. The fraction of sp³-hybridized carbons (Fsp3) is 0.889. The van der Waals surface area contributed by atoms with Crippen molar-refractivity contribution in [2.75, 3.05) is 33.4 Å². The van der Waals surface area contributed by atoms with Gasteiger partial charge in [0.15, 0.2) is 5.96 Å². The van der Waals surface area contributed by atoms with E-state index >= 15 is 0 Å². The van der Waals surface area contributed by atoms with Crippen LogP contribution >= 0.6 is 24.0 Å². The highest BCUT2D eigenvalue weighted by Crippen LogP contribution is 2.16. The minimum atomic E-state index is -0.522. The van der Waals surface area contributed by atoms with Crippen LogP contribution in [-0.2, 0) is 9.47 Å². The molecule has 26 heavy (non-hydrogen) atoms. The van der Waals surface area contributed by atoms with E-state index in [9.17, 15) is 4.79 Å².